The van der Waals surface area contributed by atoms with Crippen LogP contribution in [0.5, 0.6) is 0 Å². The second kappa shape index (κ2) is 9.18. The van der Waals surface area contributed by atoms with E-state index in [-0.39, 0.29) is 6.61 Å². The molecule has 0 spiro atoms. The first-order valence-electron chi connectivity index (χ1n) is 7.96. The molecule has 0 fully saturated rings. The van der Waals surface area contributed by atoms with Gasteiger partial charge in [0, 0.05) is 6.92 Å². The molecule has 128 valence electrons. The third-order valence-electron chi connectivity index (χ3n) is 3.28. The number of rotatable bonds is 7. The lowest BCUT2D eigenvalue weighted by Crippen LogP contribution is -2.24. The number of esters is 1. The summed E-state index contributed by atoms with van der Waals surface area (Å²) >= 11 is 0. The lowest BCUT2D eigenvalue weighted by atomic mass is 9.97. The van der Waals surface area contributed by atoms with Crippen LogP contribution in [0.1, 0.15) is 51.7 Å². The molecule has 0 radical (unpaired) electrons. The molecule has 5 nitrogen and oxygen atoms in total. The van der Waals surface area contributed by atoms with Crippen molar-refractivity contribution < 1.29 is 23.8 Å². The summed E-state index contributed by atoms with van der Waals surface area (Å²) in [6.07, 6.45) is -0.827. The van der Waals surface area contributed by atoms with Crippen LogP contribution in [0.3, 0.4) is 0 Å². The van der Waals surface area contributed by atoms with Crippen LogP contribution in [0, 0.1) is 5.92 Å². The van der Waals surface area contributed by atoms with Gasteiger partial charge in [-0.25, -0.2) is 4.79 Å². The highest BCUT2D eigenvalue weighted by atomic mass is 16.8. The number of ether oxygens (including phenoxy) is 3. The van der Waals surface area contributed by atoms with E-state index >= 15 is 0 Å². The summed E-state index contributed by atoms with van der Waals surface area (Å²) in [6.45, 7) is 9.45. The molecule has 5 heteroatoms. The van der Waals surface area contributed by atoms with Crippen molar-refractivity contribution >= 4 is 12.1 Å². The summed E-state index contributed by atoms with van der Waals surface area (Å²) in [5.74, 6) is -0.293. The molecule has 0 amide bonds. The largest absolute Gasteiger partial charge is 0.511 e. The maximum Gasteiger partial charge on any atom is 0.511 e. The van der Waals surface area contributed by atoms with E-state index < -0.39 is 24.3 Å². The Morgan fingerprint density at radius 1 is 1.00 bits per heavy atom. The van der Waals surface area contributed by atoms with Crippen molar-refractivity contribution in [3.8, 4) is 0 Å². The molecule has 0 aliphatic rings. The minimum atomic E-state index is -0.982. The Bertz CT molecular complexity index is 507. The summed E-state index contributed by atoms with van der Waals surface area (Å²) < 4.78 is 14.6. The number of hydrogen-bond acceptors (Lipinski definition) is 5. The van der Waals surface area contributed by atoms with Gasteiger partial charge in [-0.3, -0.25) is 4.79 Å². The zero-order chi connectivity index (χ0) is 17.4. The van der Waals surface area contributed by atoms with Crippen LogP contribution in [0.15, 0.2) is 24.3 Å². The maximum absolute atomic E-state index is 12.1. The first-order valence-corrected chi connectivity index (χ1v) is 7.96. The minimum Gasteiger partial charge on any atom is -0.435 e. The molecule has 1 aromatic carbocycles. The fourth-order valence-corrected chi connectivity index (χ4v) is 2.13. The van der Waals surface area contributed by atoms with Crippen molar-refractivity contribution in [1.29, 1.82) is 0 Å². The minimum absolute atomic E-state index is 0.207. The molecule has 0 aromatic heterocycles. The van der Waals surface area contributed by atoms with Crippen molar-refractivity contribution in [2.75, 3.05) is 6.61 Å². The monoisotopic (exact) mass is 322 g/mol. The lowest BCUT2D eigenvalue weighted by Gasteiger charge is -2.17. The molecule has 23 heavy (non-hydrogen) atoms. The number of carbonyl (C=O) groups excluding carboxylic acids is 2. The third kappa shape index (κ3) is 6.72. The highest BCUT2D eigenvalue weighted by molar-refractivity contribution is 5.77. The zero-order valence-corrected chi connectivity index (χ0v) is 14.5. The van der Waals surface area contributed by atoms with Crippen LogP contribution in [-0.4, -0.2) is 25.0 Å². The summed E-state index contributed by atoms with van der Waals surface area (Å²) in [4.78, 5) is 23.3. The van der Waals surface area contributed by atoms with Crippen LogP contribution < -0.4 is 0 Å². The molecule has 1 rings (SSSR count). The van der Waals surface area contributed by atoms with E-state index in [1.54, 1.807) is 13.8 Å². The van der Waals surface area contributed by atoms with E-state index in [9.17, 15) is 9.59 Å². The Hall–Kier alpha value is -2.04. The van der Waals surface area contributed by atoms with E-state index in [0.29, 0.717) is 5.92 Å². The van der Waals surface area contributed by atoms with Crippen molar-refractivity contribution in [2.45, 2.75) is 53.2 Å². The summed E-state index contributed by atoms with van der Waals surface area (Å²) in [7, 11) is 0. The molecule has 1 aromatic rings. The van der Waals surface area contributed by atoms with E-state index in [1.807, 2.05) is 24.3 Å². The number of hydrogen-bond donors (Lipinski definition) is 0. The molecule has 0 saturated carbocycles. The molecule has 0 aliphatic carbocycles. The van der Waals surface area contributed by atoms with Crippen molar-refractivity contribution in [3.63, 3.8) is 0 Å². The first-order chi connectivity index (χ1) is 10.8. The predicted molar refractivity (Wildman–Crippen MR) is 87.1 cm³/mol. The smallest absolute Gasteiger partial charge is 0.435 e. The topological polar surface area (TPSA) is 61.8 Å². The SMILES string of the molecule is CCOC(=O)O[C@H](C)OC(=O)[C@@H](C)c1ccc(CC(C)C)cc1. The van der Waals surface area contributed by atoms with Gasteiger partial charge in [-0.1, -0.05) is 38.1 Å². The summed E-state index contributed by atoms with van der Waals surface area (Å²) in [6, 6.07) is 7.91. The normalized spacial score (nSPS) is 13.3. The van der Waals surface area contributed by atoms with Gasteiger partial charge in [-0.2, -0.15) is 0 Å². The van der Waals surface area contributed by atoms with Gasteiger partial charge in [-0.05, 0) is 37.3 Å². The first kappa shape index (κ1) is 19.0. The highest BCUT2D eigenvalue weighted by Crippen LogP contribution is 2.19. The fourth-order valence-electron chi connectivity index (χ4n) is 2.13. The van der Waals surface area contributed by atoms with Gasteiger partial charge in [0.1, 0.15) is 0 Å². The average molecular weight is 322 g/mol. The van der Waals surface area contributed by atoms with Gasteiger partial charge in [0.15, 0.2) is 0 Å². The quantitative estimate of drug-likeness (QED) is 0.560. The van der Waals surface area contributed by atoms with E-state index in [1.165, 1.54) is 12.5 Å². The van der Waals surface area contributed by atoms with Crippen LogP contribution >= 0.6 is 0 Å². The van der Waals surface area contributed by atoms with E-state index in [0.717, 1.165) is 12.0 Å². The number of carbonyl (C=O) groups is 2. The molecule has 0 N–H and O–H groups in total. The van der Waals surface area contributed by atoms with Crippen molar-refractivity contribution in [2.24, 2.45) is 5.92 Å². The Balaban J connectivity index is 2.57. The molecule has 2 atom stereocenters. The second-order valence-electron chi connectivity index (χ2n) is 5.87. The Morgan fingerprint density at radius 2 is 1.61 bits per heavy atom. The van der Waals surface area contributed by atoms with E-state index in [2.05, 4.69) is 18.6 Å². The van der Waals surface area contributed by atoms with Gasteiger partial charge >= 0.3 is 12.1 Å². The van der Waals surface area contributed by atoms with Crippen LogP contribution in [0.2, 0.25) is 0 Å². The third-order valence-corrected chi connectivity index (χ3v) is 3.28. The number of benzene rings is 1. The Labute approximate surface area is 137 Å². The lowest BCUT2D eigenvalue weighted by molar-refractivity contribution is -0.169. The van der Waals surface area contributed by atoms with Gasteiger partial charge < -0.3 is 14.2 Å². The molecule has 0 bridgehead atoms. The van der Waals surface area contributed by atoms with Crippen LogP contribution in [0.4, 0.5) is 4.79 Å². The fraction of sp³-hybridized carbons (Fsp3) is 0.556. The van der Waals surface area contributed by atoms with Gasteiger partial charge in [0.05, 0.1) is 12.5 Å². The van der Waals surface area contributed by atoms with Gasteiger partial charge in [0.25, 0.3) is 0 Å². The molecular formula is C18H26O5. The predicted octanol–water partition coefficient (Wildman–Crippen LogP) is 4.05. The van der Waals surface area contributed by atoms with Crippen LogP contribution in [-0.2, 0) is 25.4 Å². The summed E-state index contributed by atoms with van der Waals surface area (Å²) in [5, 5.41) is 0. The Kier molecular flexibility index (Phi) is 7.59. The molecule has 0 saturated heterocycles. The second-order valence-corrected chi connectivity index (χ2v) is 5.87. The Morgan fingerprint density at radius 3 is 2.13 bits per heavy atom. The van der Waals surface area contributed by atoms with E-state index in [4.69, 9.17) is 9.47 Å². The van der Waals surface area contributed by atoms with Crippen molar-refractivity contribution in [1.82, 2.24) is 0 Å². The zero-order valence-electron chi connectivity index (χ0n) is 14.5. The van der Waals surface area contributed by atoms with Crippen molar-refractivity contribution in [3.05, 3.63) is 35.4 Å². The van der Waals surface area contributed by atoms with Gasteiger partial charge in [-0.15, -0.1) is 0 Å². The molecular weight excluding hydrogens is 296 g/mol. The van der Waals surface area contributed by atoms with Gasteiger partial charge in [0.2, 0.25) is 6.29 Å². The maximum atomic E-state index is 12.1. The highest BCUT2D eigenvalue weighted by Gasteiger charge is 2.21. The molecule has 0 aliphatic heterocycles. The molecule has 0 heterocycles. The summed E-state index contributed by atoms with van der Waals surface area (Å²) in [5.41, 5.74) is 2.11. The standard InChI is InChI=1S/C18H26O5/c1-6-21-18(20)23-14(5)22-17(19)13(4)16-9-7-15(8-10-16)11-12(2)3/h7-10,12-14H,6,11H2,1-5H3/t13-,14+/m0/s1. The van der Waals surface area contributed by atoms with Crippen LogP contribution in [0.25, 0.3) is 0 Å². The molecule has 0 unspecified atom stereocenters. The average Bonchev–Trinajstić information content (AvgIpc) is 2.46.